The van der Waals surface area contributed by atoms with Gasteiger partial charge in [0.25, 0.3) is 5.91 Å². The van der Waals surface area contributed by atoms with E-state index in [-0.39, 0.29) is 12.5 Å². The highest BCUT2D eigenvalue weighted by molar-refractivity contribution is 14.1. The Hall–Kier alpha value is -2.82. The molecule has 1 aromatic heterocycles. The zero-order valence-corrected chi connectivity index (χ0v) is 15.5. The first-order valence-electron chi connectivity index (χ1n) is 7.51. The molecule has 7 nitrogen and oxygen atoms in total. The van der Waals surface area contributed by atoms with E-state index in [1.165, 1.54) is 24.5 Å². The fourth-order valence-corrected chi connectivity index (χ4v) is 2.90. The second kappa shape index (κ2) is 8.04. The Balaban J connectivity index is 1.54. The number of hydrogen-bond acceptors (Lipinski definition) is 4. The normalized spacial score (nSPS) is 10.4. The molecule has 0 aliphatic rings. The van der Waals surface area contributed by atoms with Gasteiger partial charge in [-0.2, -0.15) is 5.10 Å². The van der Waals surface area contributed by atoms with Crippen molar-refractivity contribution in [3.63, 3.8) is 0 Å². The summed E-state index contributed by atoms with van der Waals surface area (Å²) in [6, 6.07) is 10.8. The summed E-state index contributed by atoms with van der Waals surface area (Å²) in [5, 5.41) is 9.21. The molecule has 0 aliphatic carbocycles. The minimum absolute atomic E-state index is 0.197. The number of aromatic nitrogens is 3. The predicted octanol–water partition coefficient (Wildman–Crippen LogP) is 2.38. The van der Waals surface area contributed by atoms with Crippen LogP contribution in [0.5, 0.6) is 0 Å². The number of benzene rings is 2. The van der Waals surface area contributed by atoms with Gasteiger partial charge in [-0.3, -0.25) is 9.59 Å². The average molecular weight is 465 g/mol. The van der Waals surface area contributed by atoms with Crippen LogP contribution in [-0.4, -0.2) is 33.1 Å². The van der Waals surface area contributed by atoms with E-state index in [0.29, 0.717) is 14.8 Å². The minimum Gasteiger partial charge on any atom is -0.343 e. The lowest BCUT2D eigenvalue weighted by Gasteiger charge is -2.09. The number of amides is 2. The molecular formula is C17H13FIN5O2. The fourth-order valence-electron chi connectivity index (χ4n) is 2.17. The number of hydrogen-bond donors (Lipinski definition) is 2. The zero-order chi connectivity index (χ0) is 18.5. The van der Waals surface area contributed by atoms with Crippen molar-refractivity contribution in [1.82, 2.24) is 20.1 Å². The summed E-state index contributed by atoms with van der Waals surface area (Å²) in [6.07, 6.45) is 3.00. The highest BCUT2D eigenvalue weighted by Gasteiger charge is 2.12. The lowest BCUT2D eigenvalue weighted by Crippen LogP contribution is -2.33. The van der Waals surface area contributed by atoms with Gasteiger partial charge in [-0.15, -0.1) is 0 Å². The average Bonchev–Trinajstić information content (AvgIpc) is 3.15. The number of rotatable bonds is 5. The van der Waals surface area contributed by atoms with Gasteiger partial charge in [0.1, 0.15) is 18.5 Å². The molecule has 2 N–H and O–H groups in total. The maximum absolute atomic E-state index is 13.1. The van der Waals surface area contributed by atoms with Crippen LogP contribution in [0.1, 0.15) is 10.4 Å². The molecule has 9 heteroatoms. The van der Waals surface area contributed by atoms with Crippen LogP contribution < -0.4 is 10.6 Å². The van der Waals surface area contributed by atoms with E-state index in [1.807, 2.05) is 22.6 Å². The van der Waals surface area contributed by atoms with E-state index in [4.69, 9.17) is 0 Å². The van der Waals surface area contributed by atoms with E-state index in [9.17, 15) is 14.0 Å². The lowest BCUT2D eigenvalue weighted by molar-refractivity contribution is -0.115. The molecule has 0 spiro atoms. The Morgan fingerprint density at radius 1 is 1.15 bits per heavy atom. The summed E-state index contributed by atoms with van der Waals surface area (Å²) in [5.74, 6) is -1.23. The first-order valence-corrected chi connectivity index (χ1v) is 8.59. The molecule has 3 aromatic rings. The molecule has 3 rings (SSSR count). The van der Waals surface area contributed by atoms with Crippen molar-refractivity contribution < 1.29 is 14.0 Å². The Morgan fingerprint density at radius 2 is 1.92 bits per heavy atom. The first-order chi connectivity index (χ1) is 12.5. The number of carbonyl (C=O) groups excluding carboxylic acids is 2. The highest BCUT2D eigenvalue weighted by atomic mass is 127. The molecule has 0 saturated heterocycles. The molecule has 2 aromatic carbocycles. The van der Waals surface area contributed by atoms with Crippen molar-refractivity contribution in [2.75, 3.05) is 11.9 Å². The van der Waals surface area contributed by atoms with E-state index in [2.05, 4.69) is 20.7 Å². The van der Waals surface area contributed by atoms with Crippen LogP contribution in [0.25, 0.3) is 5.69 Å². The smallest absolute Gasteiger partial charge is 0.252 e. The number of anilines is 1. The third-order valence-electron chi connectivity index (χ3n) is 3.42. The van der Waals surface area contributed by atoms with E-state index >= 15 is 0 Å². The Morgan fingerprint density at radius 3 is 2.58 bits per heavy atom. The minimum atomic E-state index is -0.439. The summed E-state index contributed by atoms with van der Waals surface area (Å²) in [6.45, 7) is -0.197. The summed E-state index contributed by atoms with van der Waals surface area (Å²) < 4.78 is 15.1. The van der Waals surface area contributed by atoms with Gasteiger partial charge in [0.2, 0.25) is 5.91 Å². The van der Waals surface area contributed by atoms with E-state index < -0.39 is 11.7 Å². The third-order valence-corrected chi connectivity index (χ3v) is 4.31. The molecule has 0 atom stereocenters. The van der Waals surface area contributed by atoms with E-state index in [1.54, 1.807) is 35.3 Å². The van der Waals surface area contributed by atoms with Crippen molar-refractivity contribution in [2.24, 2.45) is 0 Å². The molecule has 26 heavy (non-hydrogen) atoms. The number of carbonyl (C=O) groups is 2. The van der Waals surface area contributed by atoms with Gasteiger partial charge in [-0.1, -0.05) is 0 Å². The van der Waals surface area contributed by atoms with Crippen molar-refractivity contribution in [3.8, 4) is 5.69 Å². The molecule has 1 heterocycles. The Kier molecular flexibility index (Phi) is 5.56. The molecular weight excluding hydrogens is 452 g/mol. The van der Waals surface area contributed by atoms with Gasteiger partial charge in [0, 0.05) is 9.26 Å². The Labute approximate surface area is 161 Å². The van der Waals surface area contributed by atoms with Crippen molar-refractivity contribution in [3.05, 3.63) is 70.1 Å². The zero-order valence-electron chi connectivity index (χ0n) is 13.3. The first kappa shape index (κ1) is 18.0. The van der Waals surface area contributed by atoms with Crippen LogP contribution in [0.2, 0.25) is 0 Å². The summed E-state index contributed by atoms with van der Waals surface area (Å²) >= 11 is 1.87. The maximum atomic E-state index is 13.1. The molecule has 132 valence electrons. The van der Waals surface area contributed by atoms with Gasteiger partial charge >= 0.3 is 0 Å². The fraction of sp³-hybridized carbons (Fsp3) is 0.0588. The van der Waals surface area contributed by atoms with Crippen LogP contribution >= 0.6 is 22.6 Å². The van der Waals surface area contributed by atoms with Gasteiger partial charge in [0.05, 0.1) is 17.8 Å². The van der Waals surface area contributed by atoms with E-state index in [0.717, 1.165) is 5.69 Å². The van der Waals surface area contributed by atoms with Gasteiger partial charge < -0.3 is 10.6 Å². The number of halogens is 2. The maximum Gasteiger partial charge on any atom is 0.252 e. The van der Waals surface area contributed by atoms with Crippen molar-refractivity contribution in [2.45, 2.75) is 0 Å². The molecule has 0 bridgehead atoms. The third kappa shape index (κ3) is 4.42. The highest BCUT2D eigenvalue weighted by Crippen LogP contribution is 2.14. The molecule has 2 amide bonds. The van der Waals surface area contributed by atoms with Crippen LogP contribution in [0.4, 0.5) is 10.1 Å². The molecule has 0 saturated carbocycles. The summed E-state index contributed by atoms with van der Waals surface area (Å²) in [4.78, 5) is 27.9. The van der Waals surface area contributed by atoms with Crippen LogP contribution in [0, 0.1) is 9.39 Å². The summed E-state index contributed by atoms with van der Waals surface area (Å²) in [7, 11) is 0. The molecule has 0 unspecified atom stereocenters. The summed E-state index contributed by atoms with van der Waals surface area (Å²) in [5.41, 5.74) is 1.71. The monoisotopic (exact) mass is 465 g/mol. The predicted molar refractivity (Wildman–Crippen MR) is 101 cm³/mol. The molecule has 0 radical (unpaired) electrons. The second-order valence-corrected chi connectivity index (χ2v) is 6.40. The Bertz CT molecular complexity index is 929. The molecule has 0 fully saturated rings. The number of nitrogens with zero attached hydrogens (tertiary/aromatic N) is 3. The van der Waals surface area contributed by atoms with Crippen LogP contribution in [0.15, 0.2) is 55.1 Å². The largest absolute Gasteiger partial charge is 0.343 e. The van der Waals surface area contributed by atoms with Gasteiger partial charge in [0.15, 0.2) is 0 Å². The standard InChI is InChI=1S/C17H13FIN5O2/c18-11-1-6-14(15(19)7-11)17(26)21-8-16(25)23-12-2-4-13(5-3-12)24-10-20-9-22-24/h1-7,9-10H,8H2,(H,21,26)(H,23,25). The van der Waals surface area contributed by atoms with Gasteiger partial charge in [-0.25, -0.2) is 14.1 Å². The number of nitrogens with one attached hydrogen (secondary N) is 2. The van der Waals surface area contributed by atoms with Crippen LogP contribution in [0.3, 0.4) is 0 Å². The SMILES string of the molecule is O=C(CNC(=O)c1ccc(F)cc1I)Nc1ccc(-n2cncn2)cc1. The van der Waals surface area contributed by atoms with Crippen molar-refractivity contribution >= 4 is 40.1 Å². The second-order valence-electron chi connectivity index (χ2n) is 5.24. The van der Waals surface area contributed by atoms with Crippen molar-refractivity contribution in [1.29, 1.82) is 0 Å². The van der Waals surface area contributed by atoms with Crippen LogP contribution in [-0.2, 0) is 4.79 Å². The van der Waals surface area contributed by atoms with Gasteiger partial charge in [-0.05, 0) is 65.1 Å². The quantitative estimate of drug-likeness (QED) is 0.567. The molecule has 0 aliphatic heterocycles. The lowest BCUT2D eigenvalue weighted by atomic mass is 10.2. The topological polar surface area (TPSA) is 88.9 Å².